The Morgan fingerprint density at radius 2 is 2.20 bits per heavy atom. The smallest absolute Gasteiger partial charge is 0.252 e. The summed E-state index contributed by atoms with van der Waals surface area (Å²) in [6, 6.07) is 1.51. The van der Waals surface area contributed by atoms with Gasteiger partial charge < -0.3 is 9.88 Å². The zero-order valence-corrected chi connectivity index (χ0v) is 12.2. The Kier molecular flexibility index (Phi) is 5.38. The van der Waals surface area contributed by atoms with Crippen LogP contribution in [0.4, 0.5) is 0 Å². The first-order valence-electron chi connectivity index (χ1n) is 6.22. The molecule has 0 aliphatic carbocycles. The average Bonchev–Trinajstić information content (AvgIpc) is 2.94. The molecule has 0 aliphatic heterocycles. The van der Waals surface area contributed by atoms with Crippen molar-refractivity contribution in [3.8, 4) is 0 Å². The van der Waals surface area contributed by atoms with Crippen molar-refractivity contribution in [2.45, 2.75) is 19.4 Å². The van der Waals surface area contributed by atoms with Gasteiger partial charge in [-0.3, -0.25) is 4.79 Å². The minimum Gasteiger partial charge on any atom is -0.352 e. The largest absolute Gasteiger partial charge is 0.352 e. The lowest BCUT2D eigenvalue weighted by Gasteiger charge is -2.06. The molecule has 0 bridgehead atoms. The molecule has 2 aromatic rings. The molecule has 2 heterocycles. The summed E-state index contributed by atoms with van der Waals surface area (Å²) in [4.78, 5) is 19.6. The van der Waals surface area contributed by atoms with Gasteiger partial charge in [-0.1, -0.05) is 23.2 Å². The Hall–Kier alpha value is -1.59. The molecule has 0 fully saturated rings. The van der Waals surface area contributed by atoms with E-state index in [1.165, 1.54) is 12.3 Å². The average molecular weight is 313 g/mol. The maximum atomic E-state index is 11.8. The topological polar surface area (TPSA) is 59.8 Å². The summed E-state index contributed by atoms with van der Waals surface area (Å²) >= 11 is 11.5. The van der Waals surface area contributed by atoms with E-state index in [2.05, 4.69) is 15.3 Å². The molecule has 0 unspecified atom stereocenters. The Labute approximate surface area is 126 Å². The third kappa shape index (κ3) is 4.21. The number of halogens is 2. The van der Waals surface area contributed by atoms with Crippen LogP contribution in [0.15, 0.2) is 31.0 Å². The molecular formula is C13H14Cl2N4O. The molecule has 106 valence electrons. The van der Waals surface area contributed by atoms with Crippen LogP contribution in [0.5, 0.6) is 0 Å². The summed E-state index contributed by atoms with van der Waals surface area (Å²) in [6.07, 6.45) is 8.71. The van der Waals surface area contributed by atoms with Crippen molar-refractivity contribution in [2.24, 2.45) is 0 Å². The van der Waals surface area contributed by atoms with Crippen molar-refractivity contribution in [1.29, 1.82) is 0 Å². The van der Waals surface area contributed by atoms with Gasteiger partial charge in [-0.2, -0.15) is 0 Å². The van der Waals surface area contributed by atoms with Crippen LogP contribution in [-0.2, 0) is 6.54 Å². The molecule has 0 atom stereocenters. The quantitative estimate of drug-likeness (QED) is 0.659. The third-order valence-electron chi connectivity index (χ3n) is 2.75. The van der Waals surface area contributed by atoms with Crippen molar-refractivity contribution >= 4 is 29.1 Å². The summed E-state index contributed by atoms with van der Waals surface area (Å²) in [5.74, 6) is -0.196. The fraction of sp³-hybridized carbons (Fsp3) is 0.308. The number of aromatic nitrogens is 3. The number of unbranched alkanes of at least 4 members (excludes halogenated alkanes) is 1. The molecule has 0 aromatic carbocycles. The third-order valence-corrected chi connectivity index (χ3v) is 3.43. The monoisotopic (exact) mass is 312 g/mol. The molecule has 5 nitrogen and oxygen atoms in total. The van der Waals surface area contributed by atoms with Crippen LogP contribution in [0.2, 0.25) is 10.2 Å². The second kappa shape index (κ2) is 7.26. The first-order valence-corrected chi connectivity index (χ1v) is 6.97. The number of carbonyl (C=O) groups is 1. The number of pyridine rings is 1. The first-order chi connectivity index (χ1) is 9.66. The summed E-state index contributed by atoms with van der Waals surface area (Å²) in [5.41, 5.74) is 0.411. The van der Waals surface area contributed by atoms with Gasteiger partial charge in [0.2, 0.25) is 0 Å². The highest BCUT2D eigenvalue weighted by Crippen LogP contribution is 2.19. The molecule has 0 saturated carbocycles. The lowest BCUT2D eigenvalue weighted by molar-refractivity contribution is 0.0952. The number of nitrogens with one attached hydrogen (secondary N) is 1. The Bertz CT molecular complexity index is 572. The van der Waals surface area contributed by atoms with Gasteiger partial charge in [0.1, 0.15) is 5.15 Å². The molecule has 0 spiro atoms. The van der Waals surface area contributed by atoms with Gasteiger partial charge in [-0.25, -0.2) is 9.97 Å². The Balaban J connectivity index is 1.70. The molecule has 2 rings (SSSR count). The van der Waals surface area contributed by atoms with Gasteiger partial charge in [0.05, 0.1) is 16.9 Å². The van der Waals surface area contributed by atoms with Gasteiger partial charge in [-0.15, -0.1) is 0 Å². The van der Waals surface area contributed by atoms with Crippen LogP contribution in [0.1, 0.15) is 23.2 Å². The summed E-state index contributed by atoms with van der Waals surface area (Å²) < 4.78 is 2.00. The van der Waals surface area contributed by atoms with Gasteiger partial charge in [-0.05, 0) is 18.9 Å². The zero-order chi connectivity index (χ0) is 14.4. The van der Waals surface area contributed by atoms with Crippen LogP contribution in [0.25, 0.3) is 0 Å². The predicted octanol–water partition coefficient (Wildman–Crippen LogP) is 2.80. The van der Waals surface area contributed by atoms with Gasteiger partial charge >= 0.3 is 0 Å². The standard InChI is InChI=1S/C13H14Cl2N4O/c14-11-7-10(8-18-12(11)15)13(20)17-3-1-2-5-19-6-4-16-9-19/h4,6-9H,1-3,5H2,(H,17,20). The molecule has 1 N–H and O–H groups in total. The number of amides is 1. The normalized spacial score (nSPS) is 10.5. The number of aryl methyl sites for hydroxylation is 1. The summed E-state index contributed by atoms with van der Waals surface area (Å²) in [6.45, 7) is 1.50. The number of nitrogens with zero attached hydrogens (tertiary/aromatic N) is 3. The minimum atomic E-state index is -0.196. The fourth-order valence-electron chi connectivity index (χ4n) is 1.69. The second-order valence-electron chi connectivity index (χ2n) is 4.26. The predicted molar refractivity (Wildman–Crippen MR) is 78.1 cm³/mol. The van der Waals surface area contributed by atoms with Gasteiger partial charge in [0.15, 0.2) is 0 Å². The van der Waals surface area contributed by atoms with E-state index in [1.54, 1.807) is 12.5 Å². The molecule has 0 radical (unpaired) electrons. The van der Waals surface area contributed by atoms with Gasteiger partial charge in [0, 0.05) is 31.7 Å². The maximum absolute atomic E-state index is 11.8. The van der Waals surface area contributed by atoms with Crippen LogP contribution in [0.3, 0.4) is 0 Å². The van der Waals surface area contributed by atoms with Crippen molar-refractivity contribution in [3.05, 3.63) is 46.7 Å². The van der Waals surface area contributed by atoms with Gasteiger partial charge in [0.25, 0.3) is 5.91 Å². The van der Waals surface area contributed by atoms with E-state index >= 15 is 0 Å². The lowest BCUT2D eigenvalue weighted by Crippen LogP contribution is -2.24. The van der Waals surface area contributed by atoms with E-state index < -0.39 is 0 Å². The van der Waals surface area contributed by atoms with Crippen LogP contribution in [-0.4, -0.2) is 27.0 Å². The molecule has 0 aliphatic rings. The first kappa shape index (κ1) is 14.8. The van der Waals surface area contributed by atoms with Crippen LogP contribution >= 0.6 is 23.2 Å². The Morgan fingerprint density at radius 1 is 1.35 bits per heavy atom. The second-order valence-corrected chi connectivity index (χ2v) is 5.03. The van der Waals surface area contributed by atoms with E-state index in [0.29, 0.717) is 12.1 Å². The molecular weight excluding hydrogens is 299 g/mol. The molecule has 1 amide bonds. The fourth-order valence-corrected chi connectivity index (χ4v) is 1.96. The lowest BCUT2D eigenvalue weighted by atomic mass is 10.2. The summed E-state index contributed by atoms with van der Waals surface area (Å²) in [7, 11) is 0. The zero-order valence-electron chi connectivity index (χ0n) is 10.7. The van der Waals surface area contributed by atoms with Crippen molar-refractivity contribution in [2.75, 3.05) is 6.54 Å². The Morgan fingerprint density at radius 3 is 2.90 bits per heavy atom. The van der Waals surface area contributed by atoms with E-state index in [-0.39, 0.29) is 16.1 Å². The summed E-state index contributed by atoms with van der Waals surface area (Å²) in [5, 5.41) is 3.30. The number of hydrogen-bond donors (Lipinski definition) is 1. The number of rotatable bonds is 6. The number of carbonyl (C=O) groups excluding carboxylic acids is 1. The molecule has 0 saturated heterocycles. The van der Waals surface area contributed by atoms with E-state index in [0.717, 1.165) is 19.4 Å². The molecule has 7 heteroatoms. The van der Waals surface area contributed by atoms with E-state index in [9.17, 15) is 4.79 Å². The van der Waals surface area contributed by atoms with E-state index in [1.807, 2.05) is 10.8 Å². The van der Waals surface area contributed by atoms with E-state index in [4.69, 9.17) is 23.2 Å². The van der Waals surface area contributed by atoms with Crippen molar-refractivity contribution < 1.29 is 4.79 Å². The van der Waals surface area contributed by atoms with Crippen LogP contribution in [0, 0.1) is 0 Å². The van der Waals surface area contributed by atoms with Crippen molar-refractivity contribution in [1.82, 2.24) is 19.9 Å². The highest BCUT2D eigenvalue weighted by atomic mass is 35.5. The highest BCUT2D eigenvalue weighted by Gasteiger charge is 2.08. The van der Waals surface area contributed by atoms with Crippen LogP contribution < -0.4 is 5.32 Å². The molecule has 2 aromatic heterocycles. The SMILES string of the molecule is O=C(NCCCCn1ccnc1)c1cnc(Cl)c(Cl)c1. The van der Waals surface area contributed by atoms with Crippen molar-refractivity contribution in [3.63, 3.8) is 0 Å². The maximum Gasteiger partial charge on any atom is 0.252 e. The number of imidazole rings is 1. The number of hydrogen-bond acceptors (Lipinski definition) is 3. The minimum absolute atomic E-state index is 0.196. The highest BCUT2D eigenvalue weighted by molar-refractivity contribution is 6.41. The molecule has 20 heavy (non-hydrogen) atoms.